The van der Waals surface area contributed by atoms with Gasteiger partial charge in [-0.05, 0) is 32.0 Å². The summed E-state index contributed by atoms with van der Waals surface area (Å²) in [6.07, 6.45) is 0. The number of ether oxygens (including phenoxy) is 1. The van der Waals surface area contributed by atoms with E-state index in [0.29, 0.717) is 17.9 Å². The van der Waals surface area contributed by atoms with Gasteiger partial charge in [0.1, 0.15) is 18.2 Å². The Labute approximate surface area is 102 Å². The van der Waals surface area contributed by atoms with E-state index >= 15 is 0 Å². The second kappa shape index (κ2) is 5.98. The predicted octanol–water partition coefficient (Wildman–Crippen LogP) is 1.87. The molecular weight excluding hydrogens is 221 g/mol. The smallest absolute Gasteiger partial charge is 0.129 e. The molecule has 0 aliphatic heterocycles. The molecule has 4 heteroatoms. The summed E-state index contributed by atoms with van der Waals surface area (Å²) >= 11 is 0. The third-order valence-corrected chi connectivity index (χ3v) is 2.65. The lowest BCUT2D eigenvalue weighted by Gasteiger charge is -2.28. The fraction of sp³-hybridized carbons (Fsp3) is 0.538. The maximum absolute atomic E-state index is 13.3. The molecule has 0 saturated carbocycles. The fourth-order valence-electron chi connectivity index (χ4n) is 1.49. The van der Waals surface area contributed by atoms with E-state index in [1.54, 1.807) is 19.1 Å². The van der Waals surface area contributed by atoms with E-state index in [0.717, 1.165) is 6.54 Å². The summed E-state index contributed by atoms with van der Waals surface area (Å²) < 4.78 is 18.8. The van der Waals surface area contributed by atoms with Gasteiger partial charge in [0, 0.05) is 6.07 Å². The number of aryl methyl sites for hydroxylation is 1. The molecule has 1 aromatic rings. The van der Waals surface area contributed by atoms with E-state index in [1.807, 2.05) is 13.8 Å². The van der Waals surface area contributed by atoms with Gasteiger partial charge in [-0.15, -0.1) is 0 Å². The molecular formula is C13H20FNO2. The number of halogens is 1. The van der Waals surface area contributed by atoms with E-state index in [4.69, 9.17) is 4.74 Å². The monoisotopic (exact) mass is 241 g/mol. The van der Waals surface area contributed by atoms with Crippen LogP contribution in [0, 0.1) is 12.7 Å². The van der Waals surface area contributed by atoms with Crippen LogP contribution in [-0.2, 0) is 0 Å². The maximum Gasteiger partial charge on any atom is 0.129 e. The van der Waals surface area contributed by atoms with Crippen LogP contribution in [0.4, 0.5) is 4.39 Å². The number of hydrogen-bond donors (Lipinski definition) is 2. The molecule has 0 spiro atoms. The van der Waals surface area contributed by atoms with Gasteiger partial charge >= 0.3 is 0 Å². The summed E-state index contributed by atoms with van der Waals surface area (Å²) in [6.45, 7) is 6.52. The van der Waals surface area contributed by atoms with Crippen molar-refractivity contribution in [1.29, 1.82) is 0 Å². The van der Waals surface area contributed by atoms with Gasteiger partial charge in [0.25, 0.3) is 0 Å². The highest BCUT2D eigenvalue weighted by Crippen LogP contribution is 2.17. The molecule has 0 aromatic heterocycles. The van der Waals surface area contributed by atoms with Crippen LogP contribution in [0.5, 0.6) is 5.75 Å². The van der Waals surface area contributed by atoms with Crippen LogP contribution in [0.3, 0.4) is 0 Å². The molecule has 1 rings (SSSR count). The van der Waals surface area contributed by atoms with Crippen LogP contribution in [0.15, 0.2) is 18.2 Å². The zero-order chi connectivity index (χ0) is 12.9. The molecule has 1 aromatic carbocycles. The molecule has 0 fully saturated rings. The number of aliphatic hydroxyl groups is 1. The molecule has 0 amide bonds. The van der Waals surface area contributed by atoms with Crippen LogP contribution >= 0.6 is 0 Å². The molecule has 0 saturated heterocycles. The maximum atomic E-state index is 13.3. The molecule has 0 bridgehead atoms. The van der Waals surface area contributed by atoms with Gasteiger partial charge in [-0.2, -0.15) is 0 Å². The Morgan fingerprint density at radius 3 is 2.71 bits per heavy atom. The van der Waals surface area contributed by atoms with Crippen molar-refractivity contribution >= 4 is 0 Å². The Morgan fingerprint density at radius 2 is 2.18 bits per heavy atom. The first-order chi connectivity index (χ1) is 8.00. The molecule has 0 aliphatic rings. The summed E-state index contributed by atoms with van der Waals surface area (Å²) in [5.41, 5.74) is 0.0878. The first-order valence-corrected chi connectivity index (χ1v) is 5.75. The minimum absolute atomic E-state index is 0.0326. The molecule has 96 valence electrons. The zero-order valence-electron chi connectivity index (χ0n) is 10.6. The standard InChI is InChI=1S/C13H20FNO2/c1-4-15-13(3,8-16)9-17-11-6-5-10(2)12(14)7-11/h5-7,15-16H,4,8-9H2,1-3H3. The highest BCUT2D eigenvalue weighted by atomic mass is 19.1. The van der Waals surface area contributed by atoms with E-state index in [2.05, 4.69) is 5.32 Å². The van der Waals surface area contributed by atoms with Crippen molar-refractivity contribution in [3.05, 3.63) is 29.6 Å². The highest BCUT2D eigenvalue weighted by molar-refractivity contribution is 5.28. The van der Waals surface area contributed by atoms with Crippen LogP contribution < -0.4 is 10.1 Å². The Morgan fingerprint density at radius 1 is 1.47 bits per heavy atom. The average Bonchev–Trinajstić information content (AvgIpc) is 2.31. The molecule has 0 heterocycles. The highest BCUT2D eigenvalue weighted by Gasteiger charge is 2.22. The minimum atomic E-state index is -0.504. The number of benzene rings is 1. The number of nitrogens with one attached hydrogen (secondary N) is 1. The van der Waals surface area contributed by atoms with Crippen molar-refractivity contribution in [2.45, 2.75) is 26.3 Å². The van der Waals surface area contributed by atoms with Crippen molar-refractivity contribution in [3.8, 4) is 5.75 Å². The number of likely N-dealkylation sites (N-methyl/N-ethyl adjacent to an activating group) is 1. The topological polar surface area (TPSA) is 41.5 Å². The van der Waals surface area contributed by atoms with Crippen LogP contribution in [-0.4, -0.2) is 30.4 Å². The lowest BCUT2D eigenvalue weighted by atomic mass is 10.1. The van der Waals surface area contributed by atoms with Crippen LogP contribution in [0.1, 0.15) is 19.4 Å². The van der Waals surface area contributed by atoms with Crippen molar-refractivity contribution < 1.29 is 14.2 Å². The molecule has 3 nitrogen and oxygen atoms in total. The normalized spacial score (nSPS) is 14.4. The van der Waals surface area contributed by atoms with Gasteiger partial charge in [0.05, 0.1) is 12.1 Å². The average molecular weight is 241 g/mol. The summed E-state index contributed by atoms with van der Waals surface area (Å²) in [4.78, 5) is 0. The fourth-order valence-corrected chi connectivity index (χ4v) is 1.49. The van der Waals surface area contributed by atoms with Crippen LogP contribution in [0.2, 0.25) is 0 Å². The zero-order valence-corrected chi connectivity index (χ0v) is 10.6. The lowest BCUT2D eigenvalue weighted by Crippen LogP contribution is -2.50. The van der Waals surface area contributed by atoms with E-state index in [1.165, 1.54) is 6.07 Å². The summed E-state index contributed by atoms with van der Waals surface area (Å²) in [6, 6.07) is 4.76. The molecule has 1 unspecified atom stereocenters. The van der Waals surface area contributed by atoms with Crippen molar-refractivity contribution in [2.75, 3.05) is 19.8 Å². The van der Waals surface area contributed by atoms with E-state index in [9.17, 15) is 9.50 Å². The van der Waals surface area contributed by atoms with Crippen LogP contribution in [0.25, 0.3) is 0 Å². The van der Waals surface area contributed by atoms with Gasteiger partial charge < -0.3 is 15.2 Å². The molecule has 2 N–H and O–H groups in total. The molecule has 0 aliphatic carbocycles. The molecule has 1 atom stereocenters. The van der Waals surface area contributed by atoms with Crippen molar-refractivity contribution in [3.63, 3.8) is 0 Å². The second-order valence-electron chi connectivity index (χ2n) is 4.45. The number of hydrogen-bond acceptors (Lipinski definition) is 3. The Balaban J connectivity index is 2.62. The van der Waals surface area contributed by atoms with Gasteiger partial charge in [-0.3, -0.25) is 0 Å². The largest absolute Gasteiger partial charge is 0.491 e. The Kier molecular flexibility index (Phi) is 4.90. The lowest BCUT2D eigenvalue weighted by molar-refractivity contribution is 0.117. The minimum Gasteiger partial charge on any atom is -0.491 e. The summed E-state index contributed by atoms with van der Waals surface area (Å²) in [5.74, 6) is 0.197. The first-order valence-electron chi connectivity index (χ1n) is 5.75. The summed E-state index contributed by atoms with van der Waals surface area (Å²) in [7, 11) is 0. The third-order valence-electron chi connectivity index (χ3n) is 2.65. The number of rotatable bonds is 6. The predicted molar refractivity (Wildman–Crippen MR) is 65.8 cm³/mol. The van der Waals surface area contributed by atoms with Crippen molar-refractivity contribution in [2.24, 2.45) is 0 Å². The SMILES string of the molecule is CCNC(C)(CO)COc1ccc(C)c(F)c1. The van der Waals surface area contributed by atoms with Gasteiger partial charge in [-0.25, -0.2) is 4.39 Å². The van der Waals surface area contributed by atoms with Gasteiger partial charge in [0.15, 0.2) is 0 Å². The quantitative estimate of drug-likeness (QED) is 0.799. The van der Waals surface area contributed by atoms with Gasteiger partial charge in [0.2, 0.25) is 0 Å². The number of aliphatic hydroxyl groups excluding tert-OH is 1. The van der Waals surface area contributed by atoms with Crippen molar-refractivity contribution in [1.82, 2.24) is 5.32 Å². The Bertz CT molecular complexity index is 370. The van der Waals surface area contributed by atoms with E-state index in [-0.39, 0.29) is 12.4 Å². The summed E-state index contributed by atoms with van der Waals surface area (Å²) in [5, 5.41) is 12.4. The first kappa shape index (κ1) is 13.9. The second-order valence-corrected chi connectivity index (χ2v) is 4.45. The van der Waals surface area contributed by atoms with E-state index < -0.39 is 5.54 Å². The van der Waals surface area contributed by atoms with Gasteiger partial charge in [-0.1, -0.05) is 13.0 Å². The Hall–Kier alpha value is -1.13. The third kappa shape index (κ3) is 3.98. The molecule has 0 radical (unpaired) electrons. The molecule has 17 heavy (non-hydrogen) atoms.